The van der Waals surface area contributed by atoms with Crippen molar-refractivity contribution < 1.29 is 29.0 Å². The van der Waals surface area contributed by atoms with Crippen LogP contribution in [-0.2, 0) is 20.8 Å². The zero-order chi connectivity index (χ0) is 31.0. The molecular weight excluding hydrogens is 520 g/mol. The highest BCUT2D eigenvalue weighted by molar-refractivity contribution is 5.84. The van der Waals surface area contributed by atoms with Gasteiger partial charge in [-0.3, -0.25) is 9.63 Å². The van der Waals surface area contributed by atoms with E-state index in [0.29, 0.717) is 25.3 Å². The Morgan fingerprint density at radius 3 is 2.29 bits per heavy atom. The van der Waals surface area contributed by atoms with E-state index in [0.717, 1.165) is 49.8 Å². The molecule has 0 aliphatic carbocycles. The first-order chi connectivity index (χ1) is 19.4. The van der Waals surface area contributed by atoms with Crippen LogP contribution in [0.1, 0.15) is 99.5 Å². The summed E-state index contributed by atoms with van der Waals surface area (Å²) in [6.07, 6.45) is 4.99. The maximum absolute atomic E-state index is 12.7. The Morgan fingerprint density at radius 1 is 1.05 bits per heavy atom. The van der Waals surface area contributed by atoms with Crippen LogP contribution in [0.2, 0.25) is 0 Å². The molecule has 1 amide bonds. The fourth-order valence-corrected chi connectivity index (χ4v) is 4.51. The summed E-state index contributed by atoms with van der Waals surface area (Å²) in [5.41, 5.74) is 3.62. The third-order valence-corrected chi connectivity index (χ3v) is 7.25. The van der Waals surface area contributed by atoms with E-state index in [1.807, 2.05) is 51.8 Å². The maximum Gasteiger partial charge on any atom is 0.227 e. The zero-order valence-corrected chi connectivity index (χ0v) is 27.0. The normalized spacial score (nSPS) is 14.6. The van der Waals surface area contributed by atoms with E-state index >= 15 is 0 Å². The molecule has 0 bridgehead atoms. The molecule has 234 valence electrons. The number of rotatable bonds is 20. The van der Waals surface area contributed by atoms with Gasteiger partial charge in [0.1, 0.15) is 12.0 Å². The van der Waals surface area contributed by atoms with E-state index < -0.39 is 23.7 Å². The quantitative estimate of drug-likeness (QED) is 0.102. The standard InChI is InChI=1S/C33H56N2O6/c1-10-12-14-18-40-30-20-25(15-16-29(30)39-9)19-26(23(3)4)21-28(35-41-33(6,7)8)31(37)27(22-36)24(5)32(38)34-17-13-11-2/h15-16,20,23-24,26,28,31,35,37H,10-14,17-19,21H2,1-9H3,(H,34,38)/t24-,26+,28+,31+/m1/s1. The molecule has 8 heteroatoms. The van der Waals surface area contributed by atoms with Crippen LogP contribution >= 0.6 is 0 Å². The van der Waals surface area contributed by atoms with Crippen LogP contribution in [0, 0.1) is 17.8 Å². The predicted octanol–water partition coefficient (Wildman–Crippen LogP) is 5.83. The lowest BCUT2D eigenvalue weighted by atomic mass is 9.81. The lowest BCUT2D eigenvalue weighted by Gasteiger charge is -2.33. The minimum Gasteiger partial charge on any atom is -0.493 e. The third-order valence-electron chi connectivity index (χ3n) is 7.25. The van der Waals surface area contributed by atoms with Gasteiger partial charge in [0.15, 0.2) is 11.5 Å². The molecule has 3 N–H and O–H groups in total. The summed E-state index contributed by atoms with van der Waals surface area (Å²) in [5.74, 6) is 2.58. The molecule has 0 unspecified atom stereocenters. The topological polar surface area (TPSA) is 106 Å². The van der Waals surface area contributed by atoms with Gasteiger partial charge in [-0.1, -0.05) is 53.0 Å². The first-order valence-corrected chi connectivity index (χ1v) is 15.3. The molecule has 41 heavy (non-hydrogen) atoms. The molecule has 1 rings (SSSR count). The highest BCUT2D eigenvalue weighted by Crippen LogP contribution is 2.32. The molecule has 0 saturated carbocycles. The van der Waals surface area contributed by atoms with Gasteiger partial charge in [0, 0.05) is 6.54 Å². The van der Waals surface area contributed by atoms with E-state index in [9.17, 15) is 14.7 Å². The molecule has 0 saturated heterocycles. The summed E-state index contributed by atoms with van der Waals surface area (Å²) in [7, 11) is 1.64. The van der Waals surface area contributed by atoms with Gasteiger partial charge in [0.25, 0.3) is 0 Å². The van der Waals surface area contributed by atoms with Crippen LogP contribution in [0.15, 0.2) is 23.8 Å². The van der Waals surface area contributed by atoms with E-state index in [-0.39, 0.29) is 23.3 Å². The summed E-state index contributed by atoms with van der Waals surface area (Å²) in [5, 5.41) is 14.3. The molecule has 1 aromatic rings. The van der Waals surface area contributed by atoms with Gasteiger partial charge in [-0.15, -0.1) is 0 Å². The number of hydrogen-bond acceptors (Lipinski definition) is 7. The number of methoxy groups -OCH3 is 1. The van der Waals surface area contributed by atoms with E-state index in [1.54, 1.807) is 14.0 Å². The van der Waals surface area contributed by atoms with Crippen molar-refractivity contribution >= 4 is 11.8 Å². The van der Waals surface area contributed by atoms with Gasteiger partial charge < -0.3 is 19.9 Å². The number of carbonyl (C=O) groups is 1. The first-order valence-electron chi connectivity index (χ1n) is 15.3. The maximum atomic E-state index is 12.7. The largest absolute Gasteiger partial charge is 0.493 e. The number of amides is 1. The zero-order valence-electron chi connectivity index (χ0n) is 27.0. The number of hydrogen-bond donors (Lipinski definition) is 3. The van der Waals surface area contributed by atoms with E-state index in [1.165, 1.54) is 0 Å². The van der Waals surface area contributed by atoms with Crippen molar-refractivity contribution in [3.63, 3.8) is 0 Å². The van der Waals surface area contributed by atoms with Crippen molar-refractivity contribution in [1.82, 2.24) is 10.8 Å². The Kier molecular flexibility index (Phi) is 16.9. The minimum atomic E-state index is -1.25. The van der Waals surface area contributed by atoms with Gasteiger partial charge in [0.2, 0.25) is 5.91 Å². The number of aliphatic hydroxyl groups excluding tert-OH is 1. The number of hydroxylamine groups is 1. The van der Waals surface area contributed by atoms with Crippen LogP contribution in [0.3, 0.4) is 0 Å². The minimum absolute atomic E-state index is 0.0173. The predicted molar refractivity (Wildman–Crippen MR) is 165 cm³/mol. The van der Waals surface area contributed by atoms with Crippen molar-refractivity contribution in [2.45, 2.75) is 118 Å². The molecule has 0 heterocycles. The molecule has 8 nitrogen and oxygen atoms in total. The van der Waals surface area contributed by atoms with Gasteiger partial charge >= 0.3 is 0 Å². The number of aliphatic hydroxyl groups is 1. The Morgan fingerprint density at radius 2 is 1.73 bits per heavy atom. The Balaban J connectivity index is 3.20. The smallest absolute Gasteiger partial charge is 0.227 e. The second-order valence-electron chi connectivity index (χ2n) is 12.3. The lowest BCUT2D eigenvalue weighted by molar-refractivity contribution is -0.124. The SMILES string of the molecule is CCCCCOc1cc(C[C@@H](C[C@H](NOC(C)(C)C)[C@@H](O)C(=C=O)[C@@H](C)C(=O)NCCCC)C(C)C)ccc1OC. The number of unbranched alkanes of at least 4 members (excludes halogenated alkanes) is 3. The Hall–Kier alpha value is -2.38. The fourth-order valence-electron chi connectivity index (χ4n) is 4.51. The van der Waals surface area contributed by atoms with E-state index in [2.05, 4.69) is 31.6 Å². The van der Waals surface area contributed by atoms with Gasteiger partial charge in [-0.05, 0) is 82.9 Å². The van der Waals surface area contributed by atoms with Crippen LogP contribution in [-0.4, -0.2) is 55.0 Å². The number of benzene rings is 1. The van der Waals surface area contributed by atoms with Crippen LogP contribution < -0.4 is 20.3 Å². The van der Waals surface area contributed by atoms with Gasteiger partial charge in [-0.2, -0.15) is 5.48 Å². The molecule has 1 aromatic carbocycles. The summed E-state index contributed by atoms with van der Waals surface area (Å²) in [6, 6.07) is 5.37. The van der Waals surface area contributed by atoms with E-state index in [4.69, 9.17) is 14.3 Å². The summed E-state index contributed by atoms with van der Waals surface area (Å²) in [6.45, 7) is 17.0. The third kappa shape index (κ3) is 13.4. The van der Waals surface area contributed by atoms with Gasteiger partial charge in [-0.25, -0.2) is 4.79 Å². The van der Waals surface area contributed by atoms with Crippen molar-refractivity contribution in [2.24, 2.45) is 17.8 Å². The second kappa shape index (κ2) is 18.9. The molecule has 0 aliphatic heterocycles. The van der Waals surface area contributed by atoms with Crippen molar-refractivity contribution in [2.75, 3.05) is 20.3 Å². The van der Waals surface area contributed by atoms with Crippen LogP contribution in [0.4, 0.5) is 0 Å². The average Bonchev–Trinajstić information content (AvgIpc) is 2.92. The van der Waals surface area contributed by atoms with Crippen molar-refractivity contribution in [3.8, 4) is 11.5 Å². The Bertz CT molecular complexity index is 952. The molecule has 0 radical (unpaired) electrons. The first kappa shape index (κ1) is 36.6. The molecule has 0 fully saturated rings. The van der Waals surface area contributed by atoms with Gasteiger partial charge in [0.05, 0.1) is 36.9 Å². The lowest BCUT2D eigenvalue weighted by Crippen LogP contribution is -2.48. The second-order valence-corrected chi connectivity index (χ2v) is 12.3. The monoisotopic (exact) mass is 576 g/mol. The number of nitrogens with one attached hydrogen (secondary N) is 2. The highest BCUT2D eigenvalue weighted by Gasteiger charge is 2.34. The molecule has 0 spiro atoms. The van der Waals surface area contributed by atoms with Crippen molar-refractivity contribution in [1.29, 1.82) is 0 Å². The van der Waals surface area contributed by atoms with Crippen molar-refractivity contribution in [3.05, 3.63) is 29.3 Å². The fraction of sp³-hybridized carbons (Fsp3) is 0.727. The Labute approximate surface area is 248 Å². The summed E-state index contributed by atoms with van der Waals surface area (Å²) in [4.78, 5) is 30.7. The summed E-state index contributed by atoms with van der Waals surface area (Å²) < 4.78 is 11.6. The van der Waals surface area contributed by atoms with Crippen LogP contribution in [0.5, 0.6) is 11.5 Å². The highest BCUT2D eigenvalue weighted by atomic mass is 16.7. The molecule has 0 aliphatic rings. The number of ether oxygens (including phenoxy) is 2. The number of carbonyl (C=O) groups excluding carboxylic acids is 2. The summed E-state index contributed by atoms with van der Waals surface area (Å²) >= 11 is 0. The molecule has 0 aromatic heterocycles. The van der Waals surface area contributed by atoms with Crippen LogP contribution in [0.25, 0.3) is 0 Å². The average molecular weight is 577 g/mol. The molecular formula is C33H56N2O6. The molecule has 4 atom stereocenters.